The second-order valence-electron chi connectivity index (χ2n) is 6.00. The molecular weight excluding hydrogens is 364 g/mol. The molecular formula is C20H19BrN2O. The smallest absolute Gasteiger partial charge is 0.267 e. The van der Waals surface area contributed by atoms with Gasteiger partial charge in [0.05, 0.1) is 22.3 Å². The Hall–Kier alpha value is -2.20. The number of aryl methyl sites for hydroxylation is 2. The highest BCUT2D eigenvalue weighted by Crippen LogP contribution is 2.27. The van der Waals surface area contributed by atoms with Crippen LogP contribution in [0.2, 0.25) is 0 Å². The molecule has 3 nitrogen and oxygen atoms in total. The number of rotatable bonds is 3. The summed E-state index contributed by atoms with van der Waals surface area (Å²) >= 11 is 3.49. The normalized spacial score (nSPS) is 12.2. The molecule has 1 heterocycles. The van der Waals surface area contributed by atoms with E-state index in [1.54, 1.807) is 10.9 Å². The molecule has 1 atom stereocenters. The molecule has 0 spiro atoms. The maximum atomic E-state index is 13.1. The van der Waals surface area contributed by atoms with Crippen molar-refractivity contribution in [3.63, 3.8) is 0 Å². The predicted octanol–water partition coefficient (Wildman–Crippen LogP) is 4.90. The highest BCUT2D eigenvalue weighted by atomic mass is 79.9. The van der Waals surface area contributed by atoms with Crippen molar-refractivity contribution in [2.75, 3.05) is 0 Å². The van der Waals surface area contributed by atoms with E-state index in [0.717, 1.165) is 11.1 Å². The Morgan fingerprint density at radius 3 is 2.42 bits per heavy atom. The first kappa shape index (κ1) is 16.7. The van der Waals surface area contributed by atoms with E-state index in [9.17, 15) is 4.79 Å². The van der Waals surface area contributed by atoms with Gasteiger partial charge in [-0.05, 0) is 59.0 Å². The van der Waals surface area contributed by atoms with E-state index >= 15 is 0 Å². The zero-order valence-corrected chi connectivity index (χ0v) is 15.5. The lowest BCUT2D eigenvalue weighted by molar-refractivity contribution is 0.532. The molecule has 0 aliphatic rings. The van der Waals surface area contributed by atoms with Crippen LogP contribution >= 0.6 is 15.9 Å². The Kier molecular flexibility index (Phi) is 4.67. The van der Waals surface area contributed by atoms with Gasteiger partial charge in [0.15, 0.2) is 0 Å². The first-order valence-corrected chi connectivity index (χ1v) is 8.68. The maximum Gasteiger partial charge on any atom is 0.276 e. The third kappa shape index (κ3) is 3.06. The van der Waals surface area contributed by atoms with Crippen molar-refractivity contribution in [3.8, 4) is 11.1 Å². The minimum absolute atomic E-state index is 0.0935. The van der Waals surface area contributed by atoms with Crippen LogP contribution in [0, 0.1) is 13.8 Å². The van der Waals surface area contributed by atoms with E-state index in [2.05, 4.69) is 34.9 Å². The maximum absolute atomic E-state index is 13.1. The lowest BCUT2D eigenvalue weighted by Crippen LogP contribution is -2.28. The molecule has 3 aromatic rings. The number of nitrogens with zero attached hydrogens (tertiary/aromatic N) is 2. The van der Waals surface area contributed by atoms with Gasteiger partial charge in [0.2, 0.25) is 0 Å². The lowest BCUT2D eigenvalue weighted by Gasteiger charge is -2.16. The van der Waals surface area contributed by atoms with E-state index in [4.69, 9.17) is 0 Å². The third-order valence-electron chi connectivity index (χ3n) is 4.40. The van der Waals surface area contributed by atoms with Gasteiger partial charge in [-0.2, -0.15) is 5.10 Å². The van der Waals surface area contributed by atoms with Crippen LogP contribution in [0.1, 0.15) is 29.7 Å². The van der Waals surface area contributed by atoms with Gasteiger partial charge in [-0.3, -0.25) is 4.79 Å². The molecule has 0 aliphatic carbocycles. The SMILES string of the molecule is Cc1ccc(-c2c(Br)cnn(C(C)c3ccccc3)c2=O)cc1C. The average molecular weight is 383 g/mol. The van der Waals surface area contributed by atoms with Gasteiger partial charge < -0.3 is 0 Å². The Balaban J connectivity index is 2.15. The first-order chi connectivity index (χ1) is 11.5. The molecule has 3 rings (SSSR count). The third-order valence-corrected chi connectivity index (χ3v) is 5.00. The highest BCUT2D eigenvalue weighted by Gasteiger charge is 2.17. The van der Waals surface area contributed by atoms with Crippen LogP contribution in [0.5, 0.6) is 0 Å². The van der Waals surface area contributed by atoms with Gasteiger partial charge in [0.25, 0.3) is 5.56 Å². The average Bonchev–Trinajstić information content (AvgIpc) is 2.58. The Labute approximate surface area is 150 Å². The molecule has 0 aliphatic heterocycles. The molecule has 0 fully saturated rings. The standard InChI is InChI=1S/C20H19BrN2O/c1-13-9-10-17(11-14(13)2)19-18(21)12-22-23(20(19)24)15(3)16-7-5-4-6-8-16/h4-12,15H,1-3H3. The van der Waals surface area contributed by atoms with Crippen LogP contribution in [0.15, 0.2) is 64.0 Å². The fourth-order valence-electron chi connectivity index (χ4n) is 2.75. The van der Waals surface area contributed by atoms with Crippen LogP contribution < -0.4 is 5.56 Å². The van der Waals surface area contributed by atoms with Crippen LogP contribution in [0.3, 0.4) is 0 Å². The minimum atomic E-state index is -0.128. The van der Waals surface area contributed by atoms with Gasteiger partial charge in [-0.1, -0.05) is 48.5 Å². The summed E-state index contributed by atoms with van der Waals surface area (Å²) < 4.78 is 2.26. The van der Waals surface area contributed by atoms with Gasteiger partial charge in [-0.15, -0.1) is 0 Å². The van der Waals surface area contributed by atoms with Gasteiger partial charge in [0, 0.05) is 0 Å². The van der Waals surface area contributed by atoms with Crippen LogP contribution in [0.4, 0.5) is 0 Å². The topological polar surface area (TPSA) is 34.9 Å². The first-order valence-electron chi connectivity index (χ1n) is 7.89. The van der Waals surface area contributed by atoms with Gasteiger partial charge in [0.1, 0.15) is 0 Å². The molecule has 0 bridgehead atoms. The predicted molar refractivity (Wildman–Crippen MR) is 101 cm³/mol. The summed E-state index contributed by atoms with van der Waals surface area (Å²) in [4.78, 5) is 13.1. The Bertz CT molecular complexity index is 932. The van der Waals surface area contributed by atoms with Crippen LogP contribution in [-0.4, -0.2) is 9.78 Å². The second kappa shape index (κ2) is 6.73. The summed E-state index contributed by atoms with van der Waals surface area (Å²) in [6.07, 6.45) is 1.70. The van der Waals surface area contributed by atoms with Crippen LogP contribution in [-0.2, 0) is 0 Å². The second-order valence-corrected chi connectivity index (χ2v) is 6.86. The summed E-state index contributed by atoms with van der Waals surface area (Å²) in [7, 11) is 0. The molecule has 0 saturated carbocycles. The zero-order valence-electron chi connectivity index (χ0n) is 14.0. The monoisotopic (exact) mass is 382 g/mol. The minimum Gasteiger partial charge on any atom is -0.267 e. The van der Waals surface area contributed by atoms with E-state index < -0.39 is 0 Å². The molecule has 0 saturated heterocycles. The Morgan fingerprint density at radius 2 is 1.75 bits per heavy atom. The fourth-order valence-corrected chi connectivity index (χ4v) is 3.24. The zero-order chi connectivity index (χ0) is 17.3. The molecule has 24 heavy (non-hydrogen) atoms. The molecule has 0 N–H and O–H groups in total. The van der Waals surface area contributed by atoms with Crippen molar-refractivity contribution in [2.45, 2.75) is 26.8 Å². The largest absolute Gasteiger partial charge is 0.276 e. The van der Waals surface area contributed by atoms with Crippen molar-refractivity contribution >= 4 is 15.9 Å². The number of hydrogen-bond acceptors (Lipinski definition) is 2. The van der Waals surface area contributed by atoms with Gasteiger partial charge >= 0.3 is 0 Å². The van der Waals surface area contributed by atoms with Crippen molar-refractivity contribution < 1.29 is 0 Å². The number of hydrogen-bond donors (Lipinski definition) is 0. The quantitative estimate of drug-likeness (QED) is 0.645. The number of halogens is 1. The summed E-state index contributed by atoms with van der Waals surface area (Å²) in [6.45, 7) is 6.11. The summed E-state index contributed by atoms with van der Waals surface area (Å²) in [5.74, 6) is 0. The molecule has 0 amide bonds. The molecule has 1 unspecified atom stereocenters. The van der Waals surface area contributed by atoms with Crippen molar-refractivity contribution in [3.05, 3.63) is 86.2 Å². The van der Waals surface area contributed by atoms with Gasteiger partial charge in [-0.25, -0.2) is 4.68 Å². The van der Waals surface area contributed by atoms with E-state index in [1.165, 1.54) is 11.1 Å². The highest BCUT2D eigenvalue weighted by molar-refractivity contribution is 9.10. The van der Waals surface area contributed by atoms with E-state index in [1.807, 2.05) is 55.5 Å². The number of aromatic nitrogens is 2. The fraction of sp³-hybridized carbons (Fsp3) is 0.200. The lowest BCUT2D eigenvalue weighted by atomic mass is 10.0. The van der Waals surface area contributed by atoms with Crippen molar-refractivity contribution in [2.24, 2.45) is 0 Å². The van der Waals surface area contributed by atoms with E-state index in [0.29, 0.717) is 10.0 Å². The van der Waals surface area contributed by atoms with Crippen molar-refractivity contribution in [1.29, 1.82) is 0 Å². The Morgan fingerprint density at radius 1 is 1.04 bits per heavy atom. The molecule has 1 aromatic heterocycles. The van der Waals surface area contributed by atoms with E-state index in [-0.39, 0.29) is 11.6 Å². The summed E-state index contributed by atoms with van der Waals surface area (Å²) in [5, 5.41) is 4.34. The molecule has 2 aromatic carbocycles. The molecule has 122 valence electrons. The summed E-state index contributed by atoms with van der Waals surface area (Å²) in [5.41, 5.74) is 4.90. The van der Waals surface area contributed by atoms with Crippen molar-refractivity contribution in [1.82, 2.24) is 9.78 Å². The summed E-state index contributed by atoms with van der Waals surface area (Å²) in [6, 6.07) is 15.9. The molecule has 4 heteroatoms. The van der Waals surface area contributed by atoms with Crippen LogP contribution in [0.25, 0.3) is 11.1 Å². The number of benzene rings is 2. The molecule has 0 radical (unpaired) electrons.